The molecule has 1 aromatic heterocycles. The Kier molecular flexibility index (Phi) is 4.49. The quantitative estimate of drug-likeness (QED) is 0.580. The van der Waals surface area contributed by atoms with E-state index in [1.807, 2.05) is 53.2 Å². The Bertz CT molecular complexity index is 1020. The van der Waals surface area contributed by atoms with Gasteiger partial charge in [0.05, 0.1) is 16.9 Å². The summed E-state index contributed by atoms with van der Waals surface area (Å²) in [6.45, 7) is 4.22. The number of nitrogens with one attached hydrogen (secondary N) is 1. The van der Waals surface area contributed by atoms with Gasteiger partial charge in [-0.15, -0.1) is 5.10 Å². The molecule has 138 valence electrons. The van der Waals surface area contributed by atoms with Crippen LogP contribution in [-0.2, 0) is 6.42 Å². The highest BCUT2D eigenvalue weighted by Gasteiger charge is 2.36. The van der Waals surface area contributed by atoms with Crippen LogP contribution in [0.5, 0.6) is 0 Å². The Hall–Kier alpha value is -2.30. The molecule has 4 nitrogen and oxygen atoms in total. The van der Waals surface area contributed by atoms with Crippen molar-refractivity contribution >= 4 is 40.5 Å². The number of hydrogen-bond donors (Lipinski definition) is 1. The van der Waals surface area contributed by atoms with E-state index in [0.29, 0.717) is 27.8 Å². The van der Waals surface area contributed by atoms with E-state index in [2.05, 4.69) is 19.2 Å². The van der Waals surface area contributed by atoms with Gasteiger partial charge in [0.2, 0.25) is 0 Å². The molecule has 0 unspecified atom stereocenters. The third kappa shape index (κ3) is 3.60. The summed E-state index contributed by atoms with van der Waals surface area (Å²) in [7, 11) is 0. The Morgan fingerprint density at radius 1 is 1.04 bits per heavy atom. The van der Waals surface area contributed by atoms with Gasteiger partial charge in [-0.05, 0) is 54.3 Å². The van der Waals surface area contributed by atoms with Crippen LogP contribution in [-0.4, -0.2) is 15.6 Å². The van der Waals surface area contributed by atoms with Crippen molar-refractivity contribution in [3.05, 3.63) is 69.8 Å². The lowest BCUT2D eigenvalue weighted by atomic mass is 9.76. The number of Topliss-reactive ketones (excluding diaryl/α,β-unsaturated/α-hetero) is 1. The van der Waals surface area contributed by atoms with E-state index in [1.165, 1.54) is 0 Å². The highest BCUT2D eigenvalue weighted by molar-refractivity contribution is 6.31. The molecule has 0 fully saturated rings. The first kappa shape index (κ1) is 18.1. The Labute approximate surface area is 168 Å². The summed E-state index contributed by atoms with van der Waals surface area (Å²) in [5.74, 6) is 0.661. The second-order valence-electron chi connectivity index (χ2n) is 7.63. The third-order valence-electron chi connectivity index (χ3n) is 4.70. The van der Waals surface area contributed by atoms with Crippen molar-refractivity contribution in [1.82, 2.24) is 9.78 Å². The van der Waals surface area contributed by atoms with E-state index in [9.17, 15) is 4.79 Å². The van der Waals surface area contributed by atoms with Crippen LogP contribution in [0.3, 0.4) is 0 Å². The molecule has 0 aliphatic heterocycles. The molecular formula is C21H19Cl2N3O. The lowest BCUT2D eigenvalue weighted by molar-refractivity contribution is 0.0912. The van der Waals surface area contributed by atoms with E-state index < -0.39 is 0 Å². The van der Waals surface area contributed by atoms with Crippen LogP contribution in [0.1, 0.15) is 36.3 Å². The molecule has 1 N–H and O–H groups in total. The van der Waals surface area contributed by atoms with Crippen molar-refractivity contribution in [1.29, 1.82) is 0 Å². The van der Waals surface area contributed by atoms with Gasteiger partial charge in [0.15, 0.2) is 11.6 Å². The molecule has 1 aliphatic rings. The maximum absolute atomic E-state index is 12.9. The molecule has 0 saturated carbocycles. The molecule has 1 heterocycles. The minimum absolute atomic E-state index is 0.103. The van der Waals surface area contributed by atoms with E-state index in [4.69, 9.17) is 28.3 Å². The normalized spacial score (nSPS) is 15.5. The number of halogens is 2. The number of nitrogens with zero attached hydrogens (tertiary/aromatic N) is 2. The maximum atomic E-state index is 12.9. The van der Waals surface area contributed by atoms with Gasteiger partial charge in [-0.1, -0.05) is 43.1 Å². The molecule has 6 heteroatoms. The number of hydrogen-bond acceptors (Lipinski definition) is 3. The van der Waals surface area contributed by atoms with Gasteiger partial charge in [-0.25, -0.2) is 4.68 Å². The van der Waals surface area contributed by atoms with Crippen molar-refractivity contribution < 1.29 is 4.79 Å². The Morgan fingerprint density at radius 3 is 2.48 bits per heavy atom. The maximum Gasteiger partial charge on any atom is 0.169 e. The lowest BCUT2D eigenvalue weighted by Crippen LogP contribution is -2.28. The molecule has 27 heavy (non-hydrogen) atoms. The second kappa shape index (κ2) is 6.70. The molecule has 2 aromatic carbocycles. The van der Waals surface area contributed by atoms with Gasteiger partial charge in [0.1, 0.15) is 0 Å². The molecule has 0 spiro atoms. The van der Waals surface area contributed by atoms with E-state index >= 15 is 0 Å². The highest BCUT2D eigenvalue weighted by atomic mass is 35.5. The van der Waals surface area contributed by atoms with Gasteiger partial charge in [0, 0.05) is 22.2 Å². The van der Waals surface area contributed by atoms with Crippen LogP contribution in [0.2, 0.25) is 10.0 Å². The summed E-state index contributed by atoms with van der Waals surface area (Å²) in [5, 5.41) is 9.28. The minimum Gasteiger partial charge on any atom is -0.338 e. The molecule has 1 aliphatic carbocycles. The average Bonchev–Trinajstić information content (AvgIpc) is 2.92. The van der Waals surface area contributed by atoms with Crippen LogP contribution in [0.25, 0.3) is 5.69 Å². The Balaban J connectivity index is 1.85. The van der Waals surface area contributed by atoms with Gasteiger partial charge in [-0.3, -0.25) is 4.79 Å². The zero-order valence-electron chi connectivity index (χ0n) is 15.1. The first-order chi connectivity index (χ1) is 12.8. The molecule has 4 rings (SSSR count). The van der Waals surface area contributed by atoms with E-state index in [0.717, 1.165) is 23.5 Å². The number of anilines is 2. The number of carbonyl (C=O) groups is 1. The second-order valence-corrected chi connectivity index (χ2v) is 8.51. The molecule has 0 amide bonds. The van der Waals surface area contributed by atoms with Gasteiger partial charge >= 0.3 is 0 Å². The molecule has 0 atom stereocenters. The van der Waals surface area contributed by atoms with Crippen LogP contribution in [0.15, 0.2) is 48.5 Å². The molecule has 0 bridgehead atoms. The molecule has 0 saturated heterocycles. The average molecular weight is 400 g/mol. The summed E-state index contributed by atoms with van der Waals surface area (Å²) in [5.41, 5.74) is 3.14. The number of fused-ring (bicyclic) bond motifs is 1. The fourth-order valence-corrected chi connectivity index (χ4v) is 3.85. The van der Waals surface area contributed by atoms with Crippen LogP contribution in [0.4, 0.5) is 11.5 Å². The largest absolute Gasteiger partial charge is 0.338 e. The number of ketones is 1. The van der Waals surface area contributed by atoms with E-state index in [-0.39, 0.29) is 11.2 Å². The predicted molar refractivity (Wildman–Crippen MR) is 110 cm³/mol. The summed E-state index contributed by atoms with van der Waals surface area (Å²) in [6, 6.07) is 14.8. The topological polar surface area (TPSA) is 46.9 Å². The molecule has 0 radical (unpaired) electrons. The van der Waals surface area contributed by atoms with Crippen molar-refractivity contribution in [2.75, 3.05) is 5.32 Å². The Morgan fingerprint density at radius 2 is 1.78 bits per heavy atom. The first-order valence-electron chi connectivity index (χ1n) is 8.76. The lowest BCUT2D eigenvalue weighted by Gasteiger charge is -2.29. The van der Waals surface area contributed by atoms with Gasteiger partial charge in [-0.2, -0.15) is 0 Å². The number of aromatic nitrogens is 2. The summed E-state index contributed by atoms with van der Waals surface area (Å²) >= 11 is 12.1. The zero-order valence-corrected chi connectivity index (χ0v) is 16.6. The highest BCUT2D eigenvalue weighted by Crippen LogP contribution is 2.39. The minimum atomic E-state index is -0.110. The fourth-order valence-electron chi connectivity index (χ4n) is 3.53. The van der Waals surface area contributed by atoms with Crippen molar-refractivity contribution in [2.45, 2.75) is 26.7 Å². The SMILES string of the molecule is CC1(C)CC(=O)c2c(Nc3cccc(Cl)c3)nn(-c3ccc(Cl)cc3)c2C1. The van der Waals surface area contributed by atoms with E-state index in [1.54, 1.807) is 0 Å². The number of carbonyl (C=O) groups excluding carboxylic acids is 1. The summed E-state index contributed by atoms with van der Waals surface area (Å²) in [6.07, 6.45) is 1.26. The third-order valence-corrected chi connectivity index (χ3v) is 5.19. The standard InChI is InChI=1S/C21H19Cl2N3O/c1-21(2)11-17-19(18(27)12-21)20(24-15-5-3-4-14(23)10-15)25-26(17)16-8-6-13(22)7-9-16/h3-10H,11-12H2,1-2H3,(H,24,25). The summed E-state index contributed by atoms with van der Waals surface area (Å²) in [4.78, 5) is 12.9. The fraction of sp³-hybridized carbons (Fsp3) is 0.238. The molecular weight excluding hydrogens is 381 g/mol. The van der Waals surface area contributed by atoms with Crippen LogP contribution >= 0.6 is 23.2 Å². The van der Waals surface area contributed by atoms with Crippen molar-refractivity contribution in [3.63, 3.8) is 0 Å². The van der Waals surface area contributed by atoms with Crippen molar-refractivity contribution in [3.8, 4) is 5.69 Å². The zero-order chi connectivity index (χ0) is 19.2. The van der Waals surface area contributed by atoms with Crippen LogP contribution in [0, 0.1) is 5.41 Å². The number of rotatable bonds is 3. The molecule has 3 aromatic rings. The summed E-state index contributed by atoms with van der Waals surface area (Å²) < 4.78 is 1.84. The van der Waals surface area contributed by atoms with Gasteiger partial charge in [0.25, 0.3) is 0 Å². The first-order valence-corrected chi connectivity index (χ1v) is 9.52. The predicted octanol–water partition coefficient (Wildman–Crippen LogP) is 6.08. The van der Waals surface area contributed by atoms with Crippen molar-refractivity contribution in [2.24, 2.45) is 5.41 Å². The smallest absolute Gasteiger partial charge is 0.169 e. The van der Waals surface area contributed by atoms with Crippen LogP contribution < -0.4 is 5.32 Å². The number of benzene rings is 2. The monoisotopic (exact) mass is 399 g/mol. The van der Waals surface area contributed by atoms with Gasteiger partial charge < -0.3 is 5.32 Å².